The summed E-state index contributed by atoms with van der Waals surface area (Å²) < 4.78 is 26.1. The summed E-state index contributed by atoms with van der Waals surface area (Å²) in [6, 6.07) is 20.8. The van der Waals surface area contributed by atoms with Crippen molar-refractivity contribution in [3.05, 3.63) is 119 Å². The molecule has 0 bridgehead atoms. The van der Waals surface area contributed by atoms with Gasteiger partial charge in [-0.3, -0.25) is 9.59 Å². The molecule has 0 aliphatic heterocycles. The van der Waals surface area contributed by atoms with Gasteiger partial charge in [0.05, 0.1) is 26.1 Å². The van der Waals surface area contributed by atoms with Crippen LogP contribution in [0.3, 0.4) is 0 Å². The van der Waals surface area contributed by atoms with E-state index in [-0.39, 0.29) is 32.8 Å². The second-order valence-corrected chi connectivity index (χ2v) is 9.75. The maximum absolute atomic E-state index is 12.4. The molecule has 0 heterocycles. The first-order valence-corrected chi connectivity index (χ1v) is 16.5. The van der Waals surface area contributed by atoms with Gasteiger partial charge in [0, 0.05) is 17.6 Å². The molecule has 0 fully saturated rings. The zero-order chi connectivity index (χ0) is 37.2. The van der Waals surface area contributed by atoms with Crippen molar-refractivity contribution in [2.75, 3.05) is 13.4 Å². The second kappa shape index (κ2) is 26.0. The van der Waals surface area contributed by atoms with E-state index in [1.807, 2.05) is 77.9 Å². The van der Waals surface area contributed by atoms with Crippen molar-refractivity contribution in [3.63, 3.8) is 0 Å². The van der Waals surface area contributed by atoms with E-state index in [1.165, 1.54) is 0 Å². The smallest absolute Gasteiger partial charge is 0.335 e. The summed E-state index contributed by atoms with van der Waals surface area (Å²) in [5.41, 5.74) is 4.01. The maximum Gasteiger partial charge on any atom is 0.335 e. The molecule has 0 aliphatic rings. The molecule has 3 aromatic rings. The van der Waals surface area contributed by atoms with E-state index < -0.39 is 23.9 Å². The number of carbonyl (C=O) groups excluding carboxylic acids is 4. The maximum atomic E-state index is 12.4. The molecule has 0 aromatic heterocycles. The first kappa shape index (κ1) is 44.0. The highest BCUT2D eigenvalue weighted by atomic mass is 16.7. The summed E-state index contributed by atoms with van der Waals surface area (Å²) in [5.74, 6) is -1.16. The second-order valence-electron chi connectivity index (χ2n) is 9.75. The first-order chi connectivity index (χ1) is 23.6. The van der Waals surface area contributed by atoms with E-state index in [0.29, 0.717) is 29.1 Å². The Kier molecular flexibility index (Phi) is 23.3. The molecule has 0 atom stereocenters. The van der Waals surface area contributed by atoms with Crippen LogP contribution in [0.2, 0.25) is 0 Å². The molecule has 0 N–H and O–H groups in total. The van der Waals surface area contributed by atoms with Crippen LogP contribution in [0.1, 0.15) is 77.6 Å². The third kappa shape index (κ3) is 18.8. The van der Waals surface area contributed by atoms with Crippen LogP contribution < -0.4 is 9.47 Å². The average molecular weight is 677 g/mol. The fraction of sp³-hybridized carbons (Fsp3) is 0.350. The lowest BCUT2D eigenvalue weighted by Gasteiger charge is -2.08. The van der Waals surface area contributed by atoms with Gasteiger partial charge in [-0.1, -0.05) is 103 Å². The van der Waals surface area contributed by atoms with E-state index in [2.05, 4.69) is 13.2 Å². The Hall–Kier alpha value is -5.02. The zero-order valence-electron chi connectivity index (χ0n) is 30.3. The van der Waals surface area contributed by atoms with Crippen LogP contribution in [0.4, 0.5) is 0 Å². The number of hydrogen-bond acceptors (Lipinski definition) is 9. The Morgan fingerprint density at radius 2 is 0.898 bits per heavy atom. The lowest BCUT2D eigenvalue weighted by atomic mass is 10.1. The van der Waals surface area contributed by atoms with Gasteiger partial charge in [0.15, 0.2) is 6.79 Å². The van der Waals surface area contributed by atoms with Gasteiger partial charge in [-0.2, -0.15) is 0 Å². The van der Waals surface area contributed by atoms with Crippen molar-refractivity contribution < 1.29 is 42.9 Å². The Morgan fingerprint density at radius 3 is 1.31 bits per heavy atom. The van der Waals surface area contributed by atoms with Crippen LogP contribution in [0.15, 0.2) is 97.1 Å². The van der Waals surface area contributed by atoms with Crippen molar-refractivity contribution in [2.45, 2.75) is 81.3 Å². The first-order valence-electron chi connectivity index (χ1n) is 16.5. The quantitative estimate of drug-likeness (QED) is 0.0515. The van der Waals surface area contributed by atoms with Gasteiger partial charge in [-0.25, -0.2) is 9.59 Å². The number of carbonyl (C=O) groups is 4. The predicted molar refractivity (Wildman–Crippen MR) is 192 cm³/mol. The van der Waals surface area contributed by atoms with Crippen LogP contribution in [0.25, 0.3) is 0 Å². The predicted octanol–water partition coefficient (Wildman–Crippen LogP) is 8.32. The molecule has 0 saturated carbocycles. The molecule has 266 valence electrons. The Morgan fingerprint density at radius 1 is 0.531 bits per heavy atom. The Bertz CT molecular complexity index is 1440. The van der Waals surface area contributed by atoms with Gasteiger partial charge in [-0.05, 0) is 60.4 Å². The molecule has 0 saturated heterocycles. The highest BCUT2D eigenvalue weighted by molar-refractivity contribution is 5.87. The van der Waals surface area contributed by atoms with Crippen molar-refractivity contribution in [2.24, 2.45) is 0 Å². The molecule has 3 aromatic carbocycles. The number of esters is 4. The Balaban J connectivity index is 0.00000363. The van der Waals surface area contributed by atoms with E-state index >= 15 is 0 Å². The minimum atomic E-state index is -0.513. The number of rotatable bonds is 15. The van der Waals surface area contributed by atoms with E-state index in [9.17, 15) is 19.2 Å². The third-order valence-electron chi connectivity index (χ3n) is 5.89. The normalized spacial score (nSPS) is 9.47. The van der Waals surface area contributed by atoms with Crippen LogP contribution in [0.5, 0.6) is 11.5 Å². The molecule has 0 amide bonds. The summed E-state index contributed by atoms with van der Waals surface area (Å²) in [5, 5.41) is 0. The molecule has 0 aliphatic carbocycles. The molecular weight excluding hydrogens is 624 g/mol. The van der Waals surface area contributed by atoms with Gasteiger partial charge < -0.3 is 23.7 Å². The van der Waals surface area contributed by atoms with Crippen LogP contribution in [0, 0.1) is 0 Å². The topological polar surface area (TPSA) is 114 Å². The fourth-order valence-corrected chi connectivity index (χ4v) is 3.58. The van der Waals surface area contributed by atoms with Crippen molar-refractivity contribution in [1.29, 1.82) is 0 Å². The summed E-state index contributed by atoms with van der Waals surface area (Å²) >= 11 is 0. The van der Waals surface area contributed by atoms with Crippen LogP contribution >= 0.6 is 0 Å². The van der Waals surface area contributed by atoms with Crippen molar-refractivity contribution in [3.8, 4) is 11.5 Å². The molecule has 49 heavy (non-hydrogen) atoms. The molecule has 3 rings (SSSR count). The Labute approximate surface area is 291 Å². The molecule has 9 nitrogen and oxygen atoms in total. The van der Waals surface area contributed by atoms with Gasteiger partial charge in [0.1, 0.15) is 11.5 Å². The monoisotopic (exact) mass is 676 g/mol. The van der Waals surface area contributed by atoms with Crippen molar-refractivity contribution in [1.82, 2.24) is 0 Å². The third-order valence-corrected chi connectivity index (χ3v) is 5.89. The minimum Gasteiger partial charge on any atom is -0.462 e. The number of benzene rings is 3. The average Bonchev–Trinajstić information content (AvgIpc) is 3.11. The van der Waals surface area contributed by atoms with Gasteiger partial charge in [0.2, 0.25) is 0 Å². The standard InChI is InChI=1S/C34H34O9.3C2H6/c1-23(2)33(37)40-18-17-25-5-7-26(8-6-25)19-31(35)42-29-13-15-30(16-14-29)43-32(36)20-27-9-11-28(12-10-27)21-39-22-41-34(38)24(3)4;3*1-2/h5-16H,1,3,17-22H2,2,4H3;3*1-2H3. The minimum absolute atomic E-state index is 0.0620. The molecule has 0 spiro atoms. The highest BCUT2D eigenvalue weighted by Crippen LogP contribution is 2.19. The largest absolute Gasteiger partial charge is 0.462 e. The fourth-order valence-electron chi connectivity index (χ4n) is 3.58. The number of hydrogen-bond donors (Lipinski definition) is 0. The van der Waals surface area contributed by atoms with E-state index in [0.717, 1.165) is 22.3 Å². The summed E-state index contributed by atoms with van der Waals surface area (Å²) in [7, 11) is 0. The summed E-state index contributed by atoms with van der Waals surface area (Å²) in [6.45, 7) is 22.5. The summed E-state index contributed by atoms with van der Waals surface area (Å²) in [6.07, 6.45) is 0.696. The SMILES string of the molecule is C=C(C)C(=O)OCCc1ccc(CC(=O)Oc2ccc(OC(=O)Cc3ccc(COCOC(=O)C(=C)C)cc3)cc2)cc1.CC.CC.CC. The highest BCUT2D eigenvalue weighted by Gasteiger charge is 2.10. The van der Waals surface area contributed by atoms with Crippen LogP contribution in [-0.2, 0) is 59.3 Å². The van der Waals surface area contributed by atoms with Crippen molar-refractivity contribution >= 4 is 23.9 Å². The lowest BCUT2D eigenvalue weighted by molar-refractivity contribution is -0.152. The van der Waals surface area contributed by atoms with Gasteiger partial charge >= 0.3 is 23.9 Å². The lowest BCUT2D eigenvalue weighted by Crippen LogP contribution is -2.12. The van der Waals surface area contributed by atoms with E-state index in [1.54, 1.807) is 50.2 Å². The molecule has 0 radical (unpaired) electrons. The van der Waals surface area contributed by atoms with Crippen LogP contribution in [-0.4, -0.2) is 37.3 Å². The molecular formula is C40H52O9. The van der Waals surface area contributed by atoms with Gasteiger partial charge in [0.25, 0.3) is 0 Å². The zero-order valence-corrected chi connectivity index (χ0v) is 30.3. The molecule has 0 unspecified atom stereocenters. The molecule has 9 heteroatoms. The number of ether oxygens (including phenoxy) is 5. The van der Waals surface area contributed by atoms with Gasteiger partial charge in [-0.15, -0.1) is 0 Å². The van der Waals surface area contributed by atoms with E-state index in [4.69, 9.17) is 23.7 Å². The summed E-state index contributed by atoms with van der Waals surface area (Å²) in [4.78, 5) is 47.6.